The van der Waals surface area contributed by atoms with Gasteiger partial charge in [0.1, 0.15) is 12.4 Å². The van der Waals surface area contributed by atoms with E-state index < -0.39 is 18.5 Å². The molecular weight excluding hydrogens is 284 g/mol. The molecular formula is C15H22F4N2. The van der Waals surface area contributed by atoms with E-state index in [0.717, 1.165) is 19.0 Å². The van der Waals surface area contributed by atoms with E-state index in [4.69, 9.17) is 0 Å². The van der Waals surface area contributed by atoms with Gasteiger partial charge < -0.3 is 10.2 Å². The molecule has 0 saturated heterocycles. The lowest BCUT2D eigenvalue weighted by Gasteiger charge is -2.26. The van der Waals surface area contributed by atoms with Crippen LogP contribution >= 0.6 is 0 Å². The molecule has 0 aliphatic rings. The molecule has 120 valence electrons. The third-order valence-electron chi connectivity index (χ3n) is 2.93. The molecule has 6 heteroatoms. The summed E-state index contributed by atoms with van der Waals surface area (Å²) in [6.07, 6.45) is -2.80. The number of nitrogens with zero attached hydrogens (tertiary/aromatic N) is 1. The van der Waals surface area contributed by atoms with Gasteiger partial charge in [-0.25, -0.2) is 4.39 Å². The number of rotatable bonds is 8. The van der Waals surface area contributed by atoms with E-state index in [1.165, 1.54) is 11.0 Å². The standard InChI is InChI=1S/C15H22F4N2/c1-3-5-20-10-12-7-13(16)9-14(8-12)21(6-4-2)11-15(17,18)19/h7-9,20H,3-6,10-11H2,1-2H3. The van der Waals surface area contributed by atoms with E-state index >= 15 is 0 Å². The number of benzene rings is 1. The van der Waals surface area contributed by atoms with Crippen molar-refractivity contribution in [3.05, 3.63) is 29.6 Å². The normalized spacial score (nSPS) is 11.7. The van der Waals surface area contributed by atoms with E-state index in [2.05, 4.69) is 5.32 Å². The van der Waals surface area contributed by atoms with Crippen LogP contribution in [0.5, 0.6) is 0 Å². The Morgan fingerprint density at radius 2 is 1.81 bits per heavy atom. The Balaban J connectivity index is 2.91. The largest absolute Gasteiger partial charge is 0.405 e. The summed E-state index contributed by atoms with van der Waals surface area (Å²) in [7, 11) is 0. The van der Waals surface area contributed by atoms with Gasteiger partial charge in [-0.2, -0.15) is 13.2 Å². The molecule has 1 aromatic carbocycles. The van der Waals surface area contributed by atoms with Gasteiger partial charge in [-0.3, -0.25) is 0 Å². The van der Waals surface area contributed by atoms with Crippen LogP contribution in [-0.2, 0) is 6.54 Å². The van der Waals surface area contributed by atoms with E-state index in [1.807, 2.05) is 6.92 Å². The Morgan fingerprint density at radius 3 is 2.38 bits per heavy atom. The summed E-state index contributed by atoms with van der Waals surface area (Å²) in [5, 5.41) is 3.12. The first-order valence-corrected chi connectivity index (χ1v) is 7.17. The minimum atomic E-state index is -4.30. The predicted molar refractivity (Wildman–Crippen MR) is 77.0 cm³/mol. The predicted octanol–water partition coefficient (Wildman–Crippen LogP) is 4.10. The average Bonchev–Trinajstić information content (AvgIpc) is 2.36. The van der Waals surface area contributed by atoms with Gasteiger partial charge in [0.25, 0.3) is 0 Å². The monoisotopic (exact) mass is 306 g/mol. The van der Waals surface area contributed by atoms with Gasteiger partial charge in [0, 0.05) is 18.8 Å². The van der Waals surface area contributed by atoms with Crippen LogP contribution in [0.15, 0.2) is 18.2 Å². The van der Waals surface area contributed by atoms with Crippen molar-refractivity contribution in [2.75, 3.05) is 24.5 Å². The maximum atomic E-state index is 13.6. The summed E-state index contributed by atoms with van der Waals surface area (Å²) >= 11 is 0. The number of hydrogen-bond acceptors (Lipinski definition) is 2. The SMILES string of the molecule is CCCNCc1cc(F)cc(N(CCC)CC(F)(F)F)c1. The number of alkyl halides is 3. The Bertz CT molecular complexity index is 432. The van der Waals surface area contributed by atoms with Crippen LogP contribution in [-0.4, -0.2) is 25.8 Å². The van der Waals surface area contributed by atoms with Crippen LogP contribution in [0.25, 0.3) is 0 Å². The molecule has 0 saturated carbocycles. The topological polar surface area (TPSA) is 15.3 Å². The van der Waals surface area contributed by atoms with Gasteiger partial charge in [0.05, 0.1) is 0 Å². The van der Waals surface area contributed by atoms with Crippen molar-refractivity contribution in [1.82, 2.24) is 5.32 Å². The fourth-order valence-electron chi connectivity index (χ4n) is 2.11. The van der Waals surface area contributed by atoms with Crippen molar-refractivity contribution in [2.24, 2.45) is 0 Å². The van der Waals surface area contributed by atoms with Crippen LogP contribution in [0, 0.1) is 5.82 Å². The molecule has 0 atom stereocenters. The van der Waals surface area contributed by atoms with Crippen molar-refractivity contribution < 1.29 is 17.6 Å². The molecule has 0 aliphatic carbocycles. The first-order valence-electron chi connectivity index (χ1n) is 7.17. The molecule has 1 rings (SSSR count). The maximum Gasteiger partial charge on any atom is 0.405 e. The molecule has 0 aliphatic heterocycles. The van der Waals surface area contributed by atoms with Crippen molar-refractivity contribution in [3.8, 4) is 0 Å². The lowest BCUT2D eigenvalue weighted by Crippen LogP contribution is -2.35. The minimum absolute atomic E-state index is 0.241. The Morgan fingerprint density at radius 1 is 1.10 bits per heavy atom. The van der Waals surface area contributed by atoms with Crippen LogP contribution in [0.2, 0.25) is 0 Å². The zero-order valence-corrected chi connectivity index (χ0v) is 12.4. The second kappa shape index (κ2) is 8.22. The Kier molecular flexibility index (Phi) is 6.95. The van der Waals surface area contributed by atoms with Crippen LogP contribution < -0.4 is 10.2 Å². The molecule has 1 aromatic rings. The first kappa shape index (κ1) is 17.8. The molecule has 1 N–H and O–H groups in total. The molecule has 0 fully saturated rings. The van der Waals surface area contributed by atoms with E-state index in [-0.39, 0.29) is 12.2 Å². The highest BCUT2D eigenvalue weighted by Gasteiger charge is 2.30. The Labute approximate surface area is 123 Å². The van der Waals surface area contributed by atoms with Crippen LogP contribution in [0.4, 0.5) is 23.2 Å². The Hall–Kier alpha value is -1.30. The zero-order valence-electron chi connectivity index (χ0n) is 12.4. The number of hydrogen-bond donors (Lipinski definition) is 1. The quantitative estimate of drug-likeness (QED) is 0.574. The number of anilines is 1. The molecule has 0 heterocycles. The van der Waals surface area contributed by atoms with Gasteiger partial charge in [-0.15, -0.1) is 0 Å². The first-order chi connectivity index (χ1) is 9.85. The second-order valence-electron chi connectivity index (χ2n) is 5.03. The molecule has 0 aromatic heterocycles. The van der Waals surface area contributed by atoms with E-state index in [1.54, 1.807) is 13.0 Å². The van der Waals surface area contributed by atoms with Crippen LogP contribution in [0.1, 0.15) is 32.3 Å². The zero-order chi connectivity index (χ0) is 15.9. The van der Waals surface area contributed by atoms with Gasteiger partial charge in [0.2, 0.25) is 0 Å². The highest BCUT2D eigenvalue weighted by molar-refractivity contribution is 5.49. The molecule has 0 bridgehead atoms. The van der Waals surface area contributed by atoms with Crippen molar-refractivity contribution in [1.29, 1.82) is 0 Å². The smallest absolute Gasteiger partial charge is 0.363 e. The molecule has 0 radical (unpaired) electrons. The summed E-state index contributed by atoms with van der Waals surface area (Å²) in [6, 6.07) is 4.13. The third kappa shape index (κ3) is 6.80. The van der Waals surface area contributed by atoms with E-state index in [9.17, 15) is 17.6 Å². The molecule has 21 heavy (non-hydrogen) atoms. The number of halogens is 4. The third-order valence-corrected chi connectivity index (χ3v) is 2.93. The van der Waals surface area contributed by atoms with Crippen molar-refractivity contribution in [3.63, 3.8) is 0 Å². The highest BCUT2D eigenvalue weighted by Crippen LogP contribution is 2.24. The summed E-state index contributed by atoms with van der Waals surface area (Å²) < 4.78 is 51.5. The maximum absolute atomic E-state index is 13.6. The average molecular weight is 306 g/mol. The van der Waals surface area contributed by atoms with Gasteiger partial charge in [-0.1, -0.05) is 13.8 Å². The second-order valence-corrected chi connectivity index (χ2v) is 5.03. The lowest BCUT2D eigenvalue weighted by molar-refractivity contribution is -0.119. The van der Waals surface area contributed by atoms with Crippen molar-refractivity contribution >= 4 is 5.69 Å². The summed E-state index contributed by atoms with van der Waals surface area (Å²) in [6.45, 7) is 4.22. The van der Waals surface area contributed by atoms with Crippen molar-refractivity contribution in [2.45, 2.75) is 39.4 Å². The minimum Gasteiger partial charge on any atom is -0.363 e. The fourth-order valence-corrected chi connectivity index (χ4v) is 2.11. The lowest BCUT2D eigenvalue weighted by atomic mass is 10.1. The molecule has 0 unspecified atom stereocenters. The number of nitrogens with one attached hydrogen (secondary N) is 1. The molecule has 2 nitrogen and oxygen atoms in total. The summed E-state index contributed by atoms with van der Waals surface area (Å²) in [4.78, 5) is 1.17. The van der Waals surface area contributed by atoms with Gasteiger partial charge in [-0.05, 0) is 43.1 Å². The van der Waals surface area contributed by atoms with Crippen LogP contribution in [0.3, 0.4) is 0 Å². The highest BCUT2D eigenvalue weighted by atomic mass is 19.4. The van der Waals surface area contributed by atoms with Gasteiger partial charge >= 0.3 is 6.18 Å². The molecule has 0 spiro atoms. The molecule has 0 amide bonds. The van der Waals surface area contributed by atoms with E-state index in [0.29, 0.717) is 18.5 Å². The van der Waals surface area contributed by atoms with Gasteiger partial charge in [0.15, 0.2) is 0 Å². The fraction of sp³-hybridized carbons (Fsp3) is 0.600. The summed E-state index contributed by atoms with van der Waals surface area (Å²) in [5.41, 5.74) is 0.934. The summed E-state index contributed by atoms with van der Waals surface area (Å²) in [5.74, 6) is -0.510.